The number of benzene rings is 1. The highest BCUT2D eigenvalue weighted by Crippen LogP contribution is 2.27. The molecule has 30 heavy (non-hydrogen) atoms. The molecule has 0 saturated carbocycles. The SMILES string of the molecule is CCCCCN(C)Cc1cc(C(=O)OCC)ccc1C1=CC(N)(C(=O)OCC)CN1. The van der Waals surface area contributed by atoms with E-state index in [1.54, 1.807) is 26.0 Å². The van der Waals surface area contributed by atoms with Gasteiger partial charge >= 0.3 is 11.9 Å². The molecule has 1 aliphatic heterocycles. The normalized spacial score (nSPS) is 18.1. The van der Waals surface area contributed by atoms with Crippen molar-refractivity contribution in [1.29, 1.82) is 0 Å². The molecule has 0 spiro atoms. The molecule has 1 aromatic rings. The summed E-state index contributed by atoms with van der Waals surface area (Å²) in [6.45, 7) is 8.24. The Morgan fingerprint density at radius 2 is 1.90 bits per heavy atom. The number of rotatable bonds is 11. The van der Waals surface area contributed by atoms with Gasteiger partial charge < -0.3 is 25.4 Å². The molecule has 1 atom stereocenters. The number of carbonyl (C=O) groups excluding carboxylic acids is 2. The molecule has 0 aromatic heterocycles. The number of unbranched alkanes of at least 4 members (excludes halogenated alkanes) is 2. The Morgan fingerprint density at radius 1 is 1.17 bits per heavy atom. The van der Waals surface area contributed by atoms with Crippen molar-refractivity contribution in [3.8, 4) is 0 Å². The molecular weight excluding hydrogens is 382 g/mol. The summed E-state index contributed by atoms with van der Waals surface area (Å²) < 4.78 is 10.3. The van der Waals surface area contributed by atoms with Gasteiger partial charge in [-0.05, 0) is 57.6 Å². The summed E-state index contributed by atoms with van der Waals surface area (Å²) in [6.07, 6.45) is 5.20. The van der Waals surface area contributed by atoms with Crippen molar-refractivity contribution in [2.75, 3.05) is 33.4 Å². The Kier molecular flexibility index (Phi) is 8.87. The van der Waals surface area contributed by atoms with Crippen LogP contribution in [0.25, 0.3) is 5.70 Å². The van der Waals surface area contributed by atoms with Gasteiger partial charge in [0.05, 0.1) is 18.8 Å². The molecule has 0 bridgehead atoms. The van der Waals surface area contributed by atoms with Crippen LogP contribution in [0.4, 0.5) is 0 Å². The van der Waals surface area contributed by atoms with Gasteiger partial charge in [-0.3, -0.25) is 0 Å². The number of ether oxygens (including phenoxy) is 2. The number of hydrogen-bond acceptors (Lipinski definition) is 7. The summed E-state index contributed by atoms with van der Waals surface area (Å²) in [5.41, 5.74) is 8.26. The van der Waals surface area contributed by atoms with Gasteiger partial charge in [0, 0.05) is 24.4 Å². The van der Waals surface area contributed by atoms with Gasteiger partial charge in [-0.15, -0.1) is 0 Å². The zero-order chi connectivity index (χ0) is 22.1. The van der Waals surface area contributed by atoms with Crippen molar-refractivity contribution in [2.45, 2.75) is 52.1 Å². The zero-order valence-electron chi connectivity index (χ0n) is 18.6. The van der Waals surface area contributed by atoms with Crippen molar-refractivity contribution in [2.24, 2.45) is 5.73 Å². The van der Waals surface area contributed by atoms with Gasteiger partial charge in [0.25, 0.3) is 0 Å². The maximum atomic E-state index is 12.3. The molecule has 1 aromatic carbocycles. The van der Waals surface area contributed by atoms with E-state index in [-0.39, 0.29) is 19.1 Å². The molecule has 7 nitrogen and oxygen atoms in total. The maximum Gasteiger partial charge on any atom is 0.338 e. The van der Waals surface area contributed by atoms with Crippen LogP contribution in [0.5, 0.6) is 0 Å². The topological polar surface area (TPSA) is 93.9 Å². The molecular formula is C23H35N3O4. The monoisotopic (exact) mass is 417 g/mol. The number of nitrogens with two attached hydrogens (primary N) is 1. The predicted molar refractivity (Wildman–Crippen MR) is 118 cm³/mol. The van der Waals surface area contributed by atoms with E-state index in [0.717, 1.165) is 29.8 Å². The zero-order valence-corrected chi connectivity index (χ0v) is 18.6. The number of hydrogen-bond donors (Lipinski definition) is 2. The number of nitrogens with one attached hydrogen (secondary N) is 1. The predicted octanol–water partition coefficient (Wildman–Crippen LogP) is 2.69. The minimum absolute atomic E-state index is 0.270. The van der Waals surface area contributed by atoms with Gasteiger partial charge in [-0.2, -0.15) is 0 Å². The van der Waals surface area contributed by atoms with Gasteiger partial charge in [0.15, 0.2) is 5.54 Å². The summed E-state index contributed by atoms with van der Waals surface area (Å²) in [5, 5.41) is 3.24. The highest BCUT2D eigenvalue weighted by atomic mass is 16.5. The first-order valence-electron chi connectivity index (χ1n) is 10.8. The van der Waals surface area contributed by atoms with Crippen molar-refractivity contribution in [1.82, 2.24) is 10.2 Å². The van der Waals surface area contributed by atoms with E-state index in [0.29, 0.717) is 18.7 Å². The van der Waals surface area contributed by atoms with Crippen LogP contribution in [0.1, 0.15) is 61.5 Å². The fourth-order valence-corrected chi connectivity index (χ4v) is 3.50. The van der Waals surface area contributed by atoms with Crippen molar-refractivity contribution >= 4 is 17.6 Å². The van der Waals surface area contributed by atoms with E-state index in [1.165, 1.54) is 12.8 Å². The molecule has 1 heterocycles. The Bertz CT molecular complexity index is 778. The molecule has 7 heteroatoms. The van der Waals surface area contributed by atoms with E-state index in [2.05, 4.69) is 24.2 Å². The molecule has 1 unspecified atom stereocenters. The molecule has 2 rings (SSSR count). The Labute approximate surface area is 179 Å². The van der Waals surface area contributed by atoms with Crippen LogP contribution in [-0.4, -0.2) is 55.7 Å². The summed E-state index contributed by atoms with van der Waals surface area (Å²) in [7, 11) is 2.07. The summed E-state index contributed by atoms with van der Waals surface area (Å²) in [4.78, 5) is 26.7. The van der Waals surface area contributed by atoms with Gasteiger partial charge in [-0.25, -0.2) is 9.59 Å². The van der Waals surface area contributed by atoms with Gasteiger partial charge in [0.2, 0.25) is 0 Å². The lowest BCUT2D eigenvalue weighted by molar-refractivity contribution is -0.147. The number of nitrogens with zero attached hydrogens (tertiary/aromatic N) is 1. The summed E-state index contributed by atoms with van der Waals surface area (Å²) in [6, 6.07) is 5.50. The summed E-state index contributed by atoms with van der Waals surface area (Å²) in [5.74, 6) is -0.791. The third kappa shape index (κ3) is 6.06. The minimum Gasteiger partial charge on any atom is -0.464 e. The standard InChI is InChI=1S/C23H35N3O4/c1-5-8-9-12-26(4)15-18-13-17(21(27)29-6-2)10-11-19(18)20-14-23(24,16-25-20)22(28)30-7-3/h10-11,13-14,25H,5-9,12,15-16,24H2,1-4H3. The lowest BCUT2D eigenvalue weighted by Gasteiger charge is -2.20. The second-order valence-electron chi connectivity index (χ2n) is 7.71. The highest BCUT2D eigenvalue weighted by Gasteiger charge is 2.38. The van der Waals surface area contributed by atoms with Crippen LogP contribution in [0.2, 0.25) is 0 Å². The van der Waals surface area contributed by atoms with Crippen LogP contribution < -0.4 is 11.1 Å². The molecule has 1 aliphatic rings. The second kappa shape index (κ2) is 11.1. The first kappa shape index (κ1) is 23.9. The van der Waals surface area contributed by atoms with Crippen LogP contribution in [0, 0.1) is 0 Å². The number of esters is 2. The first-order chi connectivity index (χ1) is 14.3. The van der Waals surface area contributed by atoms with E-state index in [9.17, 15) is 9.59 Å². The third-order valence-electron chi connectivity index (χ3n) is 5.12. The average Bonchev–Trinajstić information content (AvgIpc) is 3.12. The van der Waals surface area contributed by atoms with E-state index in [1.807, 2.05) is 12.1 Å². The van der Waals surface area contributed by atoms with Crippen LogP contribution >= 0.6 is 0 Å². The summed E-state index contributed by atoms with van der Waals surface area (Å²) >= 11 is 0. The Hall–Kier alpha value is -2.38. The number of carbonyl (C=O) groups is 2. The van der Waals surface area contributed by atoms with Crippen LogP contribution in [-0.2, 0) is 20.8 Å². The molecule has 0 radical (unpaired) electrons. The van der Waals surface area contributed by atoms with Crippen molar-refractivity contribution in [3.63, 3.8) is 0 Å². The van der Waals surface area contributed by atoms with Crippen LogP contribution in [0.3, 0.4) is 0 Å². The third-order valence-corrected chi connectivity index (χ3v) is 5.12. The van der Waals surface area contributed by atoms with Gasteiger partial charge in [-0.1, -0.05) is 25.8 Å². The molecule has 0 saturated heterocycles. The Morgan fingerprint density at radius 3 is 2.57 bits per heavy atom. The molecule has 0 amide bonds. The molecule has 3 N–H and O–H groups in total. The van der Waals surface area contributed by atoms with E-state index >= 15 is 0 Å². The lowest BCUT2D eigenvalue weighted by atomic mass is 9.98. The Balaban J connectivity index is 2.33. The fourth-order valence-electron chi connectivity index (χ4n) is 3.50. The van der Waals surface area contributed by atoms with Crippen molar-refractivity contribution in [3.05, 3.63) is 41.0 Å². The van der Waals surface area contributed by atoms with E-state index < -0.39 is 11.5 Å². The maximum absolute atomic E-state index is 12.3. The molecule has 0 aliphatic carbocycles. The van der Waals surface area contributed by atoms with Crippen molar-refractivity contribution < 1.29 is 19.1 Å². The quantitative estimate of drug-likeness (QED) is 0.422. The lowest BCUT2D eigenvalue weighted by Crippen LogP contribution is -2.50. The first-order valence-corrected chi connectivity index (χ1v) is 10.8. The fraction of sp³-hybridized carbons (Fsp3) is 0.565. The van der Waals surface area contributed by atoms with Crippen LogP contribution in [0.15, 0.2) is 24.3 Å². The van der Waals surface area contributed by atoms with E-state index in [4.69, 9.17) is 15.2 Å². The molecule has 166 valence electrons. The second-order valence-corrected chi connectivity index (χ2v) is 7.71. The largest absolute Gasteiger partial charge is 0.464 e. The minimum atomic E-state index is -1.20. The average molecular weight is 418 g/mol. The highest BCUT2D eigenvalue weighted by molar-refractivity contribution is 5.92. The molecule has 0 fully saturated rings. The van der Waals surface area contributed by atoms with Gasteiger partial charge in [0.1, 0.15) is 0 Å². The smallest absolute Gasteiger partial charge is 0.338 e.